The molecular weight excluding hydrogens is 506 g/mol. The van der Waals surface area contributed by atoms with Gasteiger partial charge in [0.05, 0.1) is 6.61 Å². The van der Waals surface area contributed by atoms with Gasteiger partial charge in [-0.25, -0.2) is 4.79 Å². The van der Waals surface area contributed by atoms with Crippen LogP contribution in [0.25, 0.3) is 16.8 Å². The number of nitrogens with one attached hydrogen (secondary N) is 2. The number of alkyl carbamates (subject to hydrolysis) is 1. The molecule has 1 saturated carbocycles. The third kappa shape index (κ3) is 6.87. The molecular formula is C32H37N3O5. The molecule has 3 amide bonds. The molecule has 1 aliphatic carbocycles. The summed E-state index contributed by atoms with van der Waals surface area (Å²) in [6, 6.07) is 18.3. The molecule has 3 aromatic carbocycles. The van der Waals surface area contributed by atoms with Gasteiger partial charge in [-0.2, -0.15) is 0 Å². The highest BCUT2D eigenvalue weighted by Crippen LogP contribution is 2.35. The van der Waals surface area contributed by atoms with E-state index < -0.39 is 42.2 Å². The zero-order valence-electron chi connectivity index (χ0n) is 23.2. The zero-order chi connectivity index (χ0) is 28.9. The van der Waals surface area contributed by atoms with Crippen LogP contribution in [0.15, 0.2) is 73.3 Å². The maximum Gasteiger partial charge on any atom is 0.408 e. The van der Waals surface area contributed by atoms with Gasteiger partial charge in [0.1, 0.15) is 17.7 Å². The lowest BCUT2D eigenvalue weighted by atomic mass is 9.88. The molecule has 8 nitrogen and oxygen atoms in total. The van der Waals surface area contributed by atoms with Crippen molar-refractivity contribution in [2.75, 3.05) is 11.9 Å². The summed E-state index contributed by atoms with van der Waals surface area (Å²) in [7, 11) is 0. The summed E-state index contributed by atoms with van der Waals surface area (Å²) >= 11 is 0. The van der Waals surface area contributed by atoms with Gasteiger partial charge in [0.2, 0.25) is 5.91 Å². The number of fused-ring (bicyclic) bond motifs is 1. The van der Waals surface area contributed by atoms with Crippen molar-refractivity contribution in [3.8, 4) is 0 Å². The summed E-state index contributed by atoms with van der Waals surface area (Å²) in [5.74, 6) is -0.952. The maximum absolute atomic E-state index is 14.1. The van der Waals surface area contributed by atoms with E-state index in [1.807, 2.05) is 60.7 Å². The van der Waals surface area contributed by atoms with E-state index in [2.05, 4.69) is 17.2 Å². The molecule has 0 bridgehead atoms. The fourth-order valence-corrected chi connectivity index (χ4v) is 4.77. The molecule has 210 valence electrons. The molecule has 1 aliphatic rings. The van der Waals surface area contributed by atoms with Crippen molar-refractivity contribution in [2.24, 2.45) is 0 Å². The van der Waals surface area contributed by atoms with Crippen molar-refractivity contribution in [1.82, 2.24) is 10.2 Å². The lowest BCUT2D eigenvalue weighted by Crippen LogP contribution is -2.58. The van der Waals surface area contributed by atoms with E-state index in [0.29, 0.717) is 24.1 Å². The number of aliphatic hydroxyl groups is 1. The first-order chi connectivity index (χ1) is 19.1. The Balaban J connectivity index is 1.71. The standard InChI is InChI=1S/C32H37N3O5/c1-5-21-10-8-13-24(18-21)28(29(37)33-25-17-16-22-11-6-7-12-23(22)19-25)35(26-14-9-15-26)30(38)27(20-36)34-31(39)40-32(2,3)4/h5-8,10-13,16-19,26-28,36H,1,9,14-15,20H2,2-4H3,(H,33,37)(H,34,39). The van der Waals surface area contributed by atoms with Crippen LogP contribution in [0.5, 0.6) is 0 Å². The molecule has 0 radical (unpaired) electrons. The van der Waals surface area contributed by atoms with Crippen LogP contribution in [0.1, 0.15) is 57.2 Å². The van der Waals surface area contributed by atoms with E-state index in [-0.39, 0.29) is 6.04 Å². The van der Waals surface area contributed by atoms with E-state index in [4.69, 9.17) is 4.74 Å². The van der Waals surface area contributed by atoms with Gasteiger partial charge in [-0.3, -0.25) is 9.59 Å². The summed E-state index contributed by atoms with van der Waals surface area (Å²) in [6.07, 6.45) is 3.18. The van der Waals surface area contributed by atoms with E-state index in [1.54, 1.807) is 32.9 Å². The maximum atomic E-state index is 14.1. The molecule has 0 aromatic heterocycles. The molecule has 8 heteroatoms. The number of hydrogen-bond donors (Lipinski definition) is 3. The number of anilines is 1. The normalized spacial score (nSPS) is 14.9. The van der Waals surface area contributed by atoms with Crippen LogP contribution in [0.4, 0.5) is 10.5 Å². The molecule has 2 atom stereocenters. The summed E-state index contributed by atoms with van der Waals surface area (Å²) in [5, 5.41) is 17.7. The van der Waals surface area contributed by atoms with Crippen molar-refractivity contribution in [2.45, 2.75) is 63.8 Å². The molecule has 4 rings (SSSR count). The minimum atomic E-state index is -1.28. The second-order valence-electron chi connectivity index (χ2n) is 11.0. The minimum absolute atomic E-state index is 0.235. The quantitative estimate of drug-likeness (QED) is 0.334. The third-order valence-corrected chi connectivity index (χ3v) is 6.90. The topological polar surface area (TPSA) is 108 Å². The van der Waals surface area contributed by atoms with E-state index in [9.17, 15) is 19.5 Å². The summed E-state index contributed by atoms with van der Waals surface area (Å²) in [5.41, 5.74) is 1.21. The Kier molecular flexibility index (Phi) is 8.90. The lowest BCUT2D eigenvalue weighted by Gasteiger charge is -2.43. The fraction of sp³-hybridized carbons (Fsp3) is 0.344. The molecule has 40 heavy (non-hydrogen) atoms. The van der Waals surface area contributed by atoms with Crippen molar-refractivity contribution < 1.29 is 24.2 Å². The number of ether oxygens (including phenoxy) is 1. The van der Waals surface area contributed by atoms with E-state index in [0.717, 1.165) is 22.8 Å². The number of carbonyl (C=O) groups is 3. The van der Waals surface area contributed by atoms with Crippen LogP contribution in [0.3, 0.4) is 0 Å². The van der Waals surface area contributed by atoms with Crippen LogP contribution in [0.2, 0.25) is 0 Å². The van der Waals surface area contributed by atoms with Crippen molar-refractivity contribution in [3.05, 3.63) is 84.4 Å². The van der Waals surface area contributed by atoms with Gasteiger partial charge in [0, 0.05) is 11.7 Å². The average molecular weight is 544 g/mol. The molecule has 0 saturated heterocycles. The highest BCUT2D eigenvalue weighted by Gasteiger charge is 2.42. The highest BCUT2D eigenvalue weighted by molar-refractivity contribution is 6.00. The first kappa shape index (κ1) is 28.8. The fourth-order valence-electron chi connectivity index (χ4n) is 4.77. The van der Waals surface area contributed by atoms with Crippen LogP contribution >= 0.6 is 0 Å². The van der Waals surface area contributed by atoms with Crippen LogP contribution < -0.4 is 10.6 Å². The van der Waals surface area contributed by atoms with Gasteiger partial charge in [-0.1, -0.05) is 61.2 Å². The Morgan fingerprint density at radius 1 is 1.05 bits per heavy atom. The third-order valence-electron chi connectivity index (χ3n) is 6.90. The number of rotatable bonds is 9. The first-order valence-corrected chi connectivity index (χ1v) is 13.5. The molecule has 3 aromatic rings. The van der Waals surface area contributed by atoms with Gasteiger partial charge in [0.25, 0.3) is 5.91 Å². The molecule has 0 heterocycles. The molecule has 3 N–H and O–H groups in total. The largest absolute Gasteiger partial charge is 0.444 e. The predicted molar refractivity (Wildman–Crippen MR) is 157 cm³/mol. The monoisotopic (exact) mass is 543 g/mol. The van der Waals surface area contributed by atoms with Crippen molar-refractivity contribution in [1.29, 1.82) is 0 Å². The van der Waals surface area contributed by atoms with E-state index in [1.165, 1.54) is 4.90 Å². The first-order valence-electron chi connectivity index (χ1n) is 13.5. The van der Waals surface area contributed by atoms with Crippen molar-refractivity contribution >= 4 is 40.4 Å². The number of benzene rings is 3. The Bertz CT molecular complexity index is 1390. The van der Waals surface area contributed by atoms with E-state index >= 15 is 0 Å². The van der Waals surface area contributed by atoms with Gasteiger partial charge >= 0.3 is 6.09 Å². The number of amides is 3. The van der Waals surface area contributed by atoms with Crippen LogP contribution in [-0.4, -0.2) is 52.2 Å². The number of aliphatic hydroxyl groups excluding tert-OH is 1. The second-order valence-corrected chi connectivity index (χ2v) is 11.0. The SMILES string of the molecule is C=Cc1cccc(C(C(=O)Nc2ccc3ccccc3c2)N(C(=O)C(CO)NC(=O)OC(C)(C)C)C2CCC2)c1. The predicted octanol–water partition coefficient (Wildman–Crippen LogP) is 5.43. The molecule has 2 unspecified atom stereocenters. The molecule has 0 spiro atoms. The Morgan fingerprint density at radius 3 is 2.40 bits per heavy atom. The summed E-state index contributed by atoms with van der Waals surface area (Å²) < 4.78 is 5.32. The van der Waals surface area contributed by atoms with Gasteiger partial charge in [-0.05, 0) is 80.1 Å². The average Bonchev–Trinajstić information content (AvgIpc) is 2.89. The highest BCUT2D eigenvalue weighted by atomic mass is 16.6. The smallest absolute Gasteiger partial charge is 0.408 e. The minimum Gasteiger partial charge on any atom is -0.444 e. The Morgan fingerprint density at radius 2 is 1.77 bits per heavy atom. The van der Waals surface area contributed by atoms with Crippen molar-refractivity contribution in [3.63, 3.8) is 0 Å². The number of carbonyl (C=O) groups excluding carboxylic acids is 3. The lowest BCUT2D eigenvalue weighted by molar-refractivity contribution is -0.146. The second kappa shape index (κ2) is 12.3. The number of nitrogens with zero attached hydrogens (tertiary/aromatic N) is 1. The van der Waals surface area contributed by atoms with Gasteiger partial charge in [0.15, 0.2) is 0 Å². The van der Waals surface area contributed by atoms with Gasteiger partial charge in [-0.15, -0.1) is 0 Å². The Labute approximate surface area is 235 Å². The summed E-state index contributed by atoms with van der Waals surface area (Å²) in [6.45, 7) is 8.33. The molecule has 1 fully saturated rings. The Hall–Kier alpha value is -4.17. The summed E-state index contributed by atoms with van der Waals surface area (Å²) in [4.78, 5) is 42.1. The zero-order valence-corrected chi connectivity index (χ0v) is 23.2. The van der Waals surface area contributed by atoms with Crippen LogP contribution in [-0.2, 0) is 14.3 Å². The van der Waals surface area contributed by atoms with Crippen LogP contribution in [0, 0.1) is 0 Å². The number of hydrogen-bond acceptors (Lipinski definition) is 5. The molecule has 0 aliphatic heterocycles. The van der Waals surface area contributed by atoms with Gasteiger partial charge < -0.3 is 25.4 Å².